The van der Waals surface area contributed by atoms with Crippen molar-refractivity contribution >= 4 is 16.1 Å². The third-order valence-electron chi connectivity index (χ3n) is 5.94. The van der Waals surface area contributed by atoms with Crippen molar-refractivity contribution in [1.82, 2.24) is 24.7 Å². The number of alkyl carbamates (subject to hydrolysis) is 1. The zero-order valence-electron chi connectivity index (χ0n) is 19.5. The highest BCUT2D eigenvalue weighted by Crippen LogP contribution is 2.32. The summed E-state index contributed by atoms with van der Waals surface area (Å²) in [5.74, 6) is -1.13. The van der Waals surface area contributed by atoms with Gasteiger partial charge in [0.25, 0.3) is 10.0 Å². The molecule has 0 saturated carbocycles. The molecule has 0 radical (unpaired) electrons. The molecule has 34 heavy (non-hydrogen) atoms. The average molecular weight is 498 g/mol. The Labute approximate surface area is 197 Å². The lowest BCUT2D eigenvalue weighted by atomic mass is 9.89. The molecule has 1 aromatic heterocycles. The van der Waals surface area contributed by atoms with E-state index >= 15 is 0 Å². The number of hydrogen-bond donors (Lipinski definition) is 2. The summed E-state index contributed by atoms with van der Waals surface area (Å²) in [5.41, 5.74) is 0.919. The van der Waals surface area contributed by atoms with E-state index in [-0.39, 0.29) is 11.6 Å². The van der Waals surface area contributed by atoms with Crippen LogP contribution in [0, 0.1) is 11.6 Å². The van der Waals surface area contributed by atoms with Crippen molar-refractivity contribution in [2.75, 3.05) is 12.8 Å². The monoisotopic (exact) mass is 497 g/mol. The van der Waals surface area contributed by atoms with Crippen molar-refractivity contribution in [3.63, 3.8) is 0 Å². The highest BCUT2D eigenvalue weighted by molar-refractivity contribution is 7.89. The molecule has 2 N–H and O–H groups in total. The van der Waals surface area contributed by atoms with E-state index in [1.54, 1.807) is 20.8 Å². The van der Waals surface area contributed by atoms with Gasteiger partial charge in [-0.2, -0.15) is 9.19 Å². The molecular formula is C22H29F2N5O4S. The molecule has 1 fully saturated rings. The van der Waals surface area contributed by atoms with Gasteiger partial charge in [0.2, 0.25) is 0 Å². The number of aromatic nitrogens is 2. The molecule has 3 atom stereocenters. The predicted molar refractivity (Wildman–Crippen MR) is 120 cm³/mol. The van der Waals surface area contributed by atoms with E-state index in [4.69, 9.17) is 4.74 Å². The van der Waals surface area contributed by atoms with Crippen LogP contribution in [0.5, 0.6) is 0 Å². The molecule has 1 amide bonds. The highest BCUT2D eigenvalue weighted by Gasteiger charge is 2.39. The number of carbonyl (C=O) groups is 1. The molecule has 1 saturated heterocycles. The molecule has 0 spiro atoms. The van der Waals surface area contributed by atoms with Crippen LogP contribution in [0.15, 0.2) is 24.4 Å². The molecule has 3 heterocycles. The van der Waals surface area contributed by atoms with Gasteiger partial charge in [-0.15, -0.1) is 0 Å². The number of hydrogen-bond acceptors (Lipinski definition) is 7. The first kappa shape index (κ1) is 24.6. The molecule has 9 nitrogen and oxygen atoms in total. The third kappa shape index (κ3) is 5.39. The van der Waals surface area contributed by atoms with Crippen molar-refractivity contribution in [2.45, 2.75) is 64.0 Å². The number of amides is 1. The van der Waals surface area contributed by atoms with Gasteiger partial charge >= 0.3 is 6.09 Å². The van der Waals surface area contributed by atoms with Gasteiger partial charge in [0, 0.05) is 43.0 Å². The van der Waals surface area contributed by atoms with E-state index in [9.17, 15) is 22.0 Å². The standard InChI is InChI=1S/C22H29F2N5O4S/c1-22(2,3)33-21(30)26-18-8-15(9-25-20(18)16-7-14(23)5-6-17(16)24)28-10-13-11-29(34(4,31)32)27-19(13)12-28/h5-7,11,15,18,20,25H,8-10,12H2,1-4H3,(H,26,30)/t15-,18+,20-/m1/s1. The number of fused-ring (bicyclic) bond motifs is 1. The third-order valence-corrected chi connectivity index (χ3v) is 6.80. The number of benzene rings is 1. The Morgan fingerprint density at radius 3 is 2.65 bits per heavy atom. The average Bonchev–Trinajstić information content (AvgIpc) is 3.28. The molecule has 0 aliphatic carbocycles. The van der Waals surface area contributed by atoms with Crippen molar-refractivity contribution in [2.24, 2.45) is 0 Å². The van der Waals surface area contributed by atoms with Crippen LogP contribution >= 0.6 is 0 Å². The van der Waals surface area contributed by atoms with Gasteiger partial charge < -0.3 is 15.4 Å². The van der Waals surface area contributed by atoms with E-state index in [0.29, 0.717) is 31.7 Å². The second-order valence-electron chi connectivity index (χ2n) is 9.84. The first-order valence-corrected chi connectivity index (χ1v) is 12.8. The predicted octanol–water partition coefficient (Wildman–Crippen LogP) is 2.28. The molecule has 4 rings (SSSR count). The van der Waals surface area contributed by atoms with Crippen LogP contribution in [0.2, 0.25) is 0 Å². The van der Waals surface area contributed by atoms with Crippen LogP contribution in [0.25, 0.3) is 0 Å². The molecule has 2 aliphatic heterocycles. The Balaban J connectivity index is 1.53. The van der Waals surface area contributed by atoms with Crippen LogP contribution in [-0.4, -0.2) is 59.1 Å². The van der Waals surface area contributed by atoms with Crippen LogP contribution in [0.4, 0.5) is 13.6 Å². The summed E-state index contributed by atoms with van der Waals surface area (Å²) in [7, 11) is -3.46. The number of rotatable bonds is 4. The lowest BCUT2D eigenvalue weighted by Crippen LogP contribution is -2.57. The number of nitrogens with one attached hydrogen (secondary N) is 2. The number of halogens is 2. The van der Waals surface area contributed by atoms with Gasteiger partial charge in [-0.25, -0.2) is 22.0 Å². The Kier molecular flexibility index (Phi) is 6.42. The van der Waals surface area contributed by atoms with Crippen molar-refractivity contribution in [3.8, 4) is 0 Å². The smallest absolute Gasteiger partial charge is 0.407 e. The van der Waals surface area contributed by atoms with Gasteiger partial charge in [-0.05, 0) is 45.4 Å². The molecule has 1 aromatic carbocycles. The van der Waals surface area contributed by atoms with E-state index in [0.717, 1.165) is 34.1 Å². The topological polar surface area (TPSA) is 106 Å². The molecule has 2 aliphatic rings. The molecular weight excluding hydrogens is 468 g/mol. The number of carbonyl (C=O) groups excluding carboxylic acids is 1. The van der Waals surface area contributed by atoms with Crippen molar-refractivity contribution in [3.05, 3.63) is 52.9 Å². The van der Waals surface area contributed by atoms with Crippen molar-refractivity contribution < 1.29 is 26.7 Å². The molecule has 2 aromatic rings. The fraction of sp³-hybridized carbons (Fsp3) is 0.545. The van der Waals surface area contributed by atoms with E-state index < -0.39 is 45.4 Å². The maximum Gasteiger partial charge on any atom is 0.407 e. The second kappa shape index (κ2) is 8.90. The first-order valence-electron chi connectivity index (χ1n) is 11.0. The second-order valence-corrected chi connectivity index (χ2v) is 11.7. The van der Waals surface area contributed by atoms with Gasteiger partial charge in [-0.1, -0.05) is 0 Å². The Bertz CT molecular complexity index is 1170. The minimum absolute atomic E-state index is 0.0614. The SMILES string of the molecule is CC(C)(C)OC(=O)N[C@H]1C[C@@H](N2Cc3cn(S(C)(=O)=O)nc3C2)CN[C@@H]1c1cc(F)ccc1F. The maximum absolute atomic E-state index is 14.6. The normalized spacial score (nSPS) is 23.5. The summed E-state index contributed by atoms with van der Waals surface area (Å²) in [4.78, 5) is 14.7. The van der Waals surface area contributed by atoms with Crippen LogP contribution in [0.1, 0.15) is 50.1 Å². The number of piperidine rings is 1. The van der Waals surface area contributed by atoms with E-state index in [1.807, 2.05) is 0 Å². The Hall–Kier alpha value is -2.57. The van der Waals surface area contributed by atoms with Crippen LogP contribution in [-0.2, 0) is 27.8 Å². The number of nitrogens with zero attached hydrogens (tertiary/aromatic N) is 3. The fourth-order valence-corrected chi connectivity index (χ4v) is 5.02. The van der Waals surface area contributed by atoms with Gasteiger partial charge in [-0.3, -0.25) is 4.90 Å². The molecule has 0 unspecified atom stereocenters. The van der Waals surface area contributed by atoms with Gasteiger partial charge in [0.15, 0.2) is 0 Å². The minimum atomic E-state index is -3.46. The maximum atomic E-state index is 14.6. The van der Waals surface area contributed by atoms with Gasteiger partial charge in [0.1, 0.15) is 17.2 Å². The van der Waals surface area contributed by atoms with Crippen LogP contribution < -0.4 is 10.6 Å². The van der Waals surface area contributed by atoms with Gasteiger partial charge in [0.05, 0.1) is 24.0 Å². The zero-order chi connectivity index (χ0) is 24.8. The first-order chi connectivity index (χ1) is 15.8. The van der Waals surface area contributed by atoms with Crippen LogP contribution in [0.3, 0.4) is 0 Å². The minimum Gasteiger partial charge on any atom is -0.444 e. The quantitative estimate of drug-likeness (QED) is 0.668. The summed E-state index contributed by atoms with van der Waals surface area (Å²) in [6, 6.07) is 1.97. The summed E-state index contributed by atoms with van der Waals surface area (Å²) in [6.07, 6.45) is 2.41. The summed E-state index contributed by atoms with van der Waals surface area (Å²) < 4.78 is 58.4. The van der Waals surface area contributed by atoms with E-state index in [1.165, 1.54) is 6.20 Å². The summed E-state index contributed by atoms with van der Waals surface area (Å²) in [5, 5.41) is 10.3. The number of ether oxygens (including phenoxy) is 1. The zero-order valence-corrected chi connectivity index (χ0v) is 20.3. The lowest BCUT2D eigenvalue weighted by Gasteiger charge is -2.41. The summed E-state index contributed by atoms with van der Waals surface area (Å²) >= 11 is 0. The molecule has 186 valence electrons. The lowest BCUT2D eigenvalue weighted by molar-refractivity contribution is 0.0445. The largest absolute Gasteiger partial charge is 0.444 e. The fourth-order valence-electron chi connectivity index (χ4n) is 4.46. The molecule has 12 heteroatoms. The Morgan fingerprint density at radius 1 is 1.26 bits per heavy atom. The highest BCUT2D eigenvalue weighted by atomic mass is 32.2. The summed E-state index contributed by atoms with van der Waals surface area (Å²) in [6.45, 7) is 6.64. The van der Waals surface area contributed by atoms with E-state index in [2.05, 4.69) is 20.6 Å². The molecule has 0 bridgehead atoms. The Morgan fingerprint density at radius 2 is 2.00 bits per heavy atom. The van der Waals surface area contributed by atoms with Crippen molar-refractivity contribution in [1.29, 1.82) is 0 Å².